The van der Waals surface area contributed by atoms with Gasteiger partial charge in [-0.2, -0.15) is 0 Å². The van der Waals surface area contributed by atoms with E-state index in [0.29, 0.717) is 5.56 Å². The predicted molar refractivity (Wildman–Crippen MR) is 83.9 cm³/mol. The number of benzene rings is 1. The maximum Gasteiger partial charge on any atom is 0.310 e. The number of hydrogen-bond acceptors (Lipinski definition) is 5. The van der Waals surface area contributed by atoms with Gasteiger partial charge in [0.25, 0.3) is 5.91 Å². The van der Waals surface area contributed by atoms with Crippen LogP contribution in [0.3, 0.4) is 0 Å². The Kier molecular flexibility index (Phi) is 7.67. The first kappa shape index (κ1) is 19.4. The maximum absolute atomic E-state index is 13.5. The van der Waals surface area contributed by atoms with Gasteiger partial charge in [0.2, 0.25) is 5.91 Å². The van der Waals surface area contributed by atoms with E-state index in [4.69, 9.17) is 9.47 Å². The van der Waals surface area contributed by atoms with E-state index in [1.54, 1.807) is 13.8 Å². The minimum atomic E-state index is -0.679. The van der Waals surface area contributed by atoms with Crippen molar-refractivity contribution in [1.29, 1.82) is 0 Å². The smallest absolute Gasteiger partial charge is 0.310 e. The molecule has 0 heterocycles. The number of nitrogens with one attached hydrogen (secondary N) is 2. The third-order valence-corrected chi connectivity index (χ3v) is 2.82. The Morgan fingerprint density at radius 2 is 1.92 bits per heavy atom. The van der Waals surface area contributed by atoms with Crippen molar-refractivity contribution >= 4 is 17.8 Å². The van der Waals surface area contributed by atoms with Crippen molar-refractivity contribution in [2.75, 3.05) is 20.3 Å². The van der Waals surface area contributed by atoms with Gasteiger partial charge in [-0.1, -0.05) is 6.07 Å². The van der Waals surface area contributed by atoms with Crippen LogP contribution < -0.4 is 15.4 Å². The fourth-order valence-electron chi connectivity index (χ4n) is 1.79. The summed E-state index contributed by atoms with van der Waals surface area (Å²) in [4.78, 5) is 34.5. The Morgan fingerprint density at radius 1 is 1.21 bits per heavy atom. The quantitative estimate of drug-likeness (QED) is 0.675. The van der Waals surface area contributed by atoms with Gasteiger partial charge in [0.15, 0.2) is 18.2 Å². The van der Waals surface area contributed by atoms with Crippen LogP contribution in [0.4, 0.5) is 4.39 Å². The van der Waals surface area contributed by atoms with Crippen LogP contribution in [-0.4, -0.2) is 44.1 Å². The van der Waals surface area contributed by atoms with Gasteiger partial charge in [0.1, 0.15) is 0 Å². The number of ether oxygens (including phenoxy) is 2. The maximum atomic E-state index is 13.5. The molecule has 0 spiro atoms. The van der Waals surface area contributed by atoms with E-state index < -0.39 is 24.3 Å². The fourth-order valence-corrected chi connectivity index (χ4v) is 1.79. The average Bonchev–Trinajstić information content (AvgIpc) is 2.50. The number of rotatable bonds is 8. The number of hydrogen-bond donors (Lipinski definition) is 2. The molecule has 1 aromatic carbocycles. The lowest BCUT2D eigenvalue weighted by atomic mass is 10.1. The van der Waals surface area contributed by atoms with Gasteiger partial charge < -0.3 is 20.1 Å². The van der Waals surface area contributed by atoms with E-state index in [9.17, 15) is 18.8 Å². The van der Waals surface area contributed by atoms with E-state index in [2.05, 4.69) is 10.6 Å². The Hall–Kier alpha value is -2.64. The van der Waals surface area contributed by atoms with E-state index in [1.165, 1.54) is 19.2 Å². The van der Waals surface area contributed by atoms with Gasteiger partial charge in [-0.15, -0.1) is 0 Å². The Morgan fingerprint density at radius 3 is 2.50 bits per heavy atom. The van der Waals surface area contributed by atoms with E-state index in [0.717, 1.165) is 6.07 Å². The van der Waals surface area contributed by atoms with E-state index in [-0.39, 0.29) is 30.7 Å². The number of carbonyl (C=O) groups is 3. The molecule has 1 aromatic rings. The van der Waals surface area contributed by atoms with Crippen LogP contribution in [0.2, 0.25) is 0 Å². The lowest BCUT2D eigenvalue weighted by Crippen LogP contribution is -2.41. The fraction of sp³-hybridized carbons (Fsp3) is 0.438. The summed E-state index contributed by atoms with van der Waals surface area (Å²) >= 11 is 0. The SMILES string of the molecule is COc1ccc(CC(=O)OCC(=O)NCC(=O)NC(C)C)cc1F. The molecule has 0 radical (unpaired) electrons. The number of amides is 2. The molecule has 0 aliphatic heterocycles. The average molecular weight is 340 g/mol. The van der Waals surface area contributed by atoms with Crippen molar-refractivity contribution in [3.05, 3.63) is 29.6 Å². The number of methoxy groups -OCH3 is 1. The highest BCUT2D eigenvalue weighted by Gasteiger charge is 2.12. The van der Waals surface area contributed by atoms with Crippen LogP contribution >= 0.6 is 0 Å². The third kappa shape index (κ3) is 7.08. The van der Waals surface area contributed by atoms with Crippen molar-refractivity contribution in [2.45, 2.75) is 26.3 Å². The van der Waals surface area contributed by atoms with Crippen molar-refractivity contribution in [3.63, 3.8) is 0 Å². The molecule has 0 aliphatic rings. The van der Waals surface area contributed by atoms with Crippen molar-refractivity contribution in [2.24, 2.45) is 0 Å². The van der Waals surface area contributed by atoms with Crippen molar-refractivity contribution in [1.82, 2.24) is 10.6 Å². The standard InChI is InChI=1S/C16H21FN2O5/c1-10(2)19-14(20)8-18-15(21)9-24-16(22)7-11-4-5-13(23-3)12(17)6-11/h4-6,10H,7-9H2,1-3H3,(H,18,21)(H,19,20). The molecule has 2 N–H and O–H groups in total. The number of halogens is 1. The van der Waals surface area contributed by atoms with Crippen LogP contribution in [0.25, 0.3) is 0 Å². The lowest BCUT2D eigenvalue weighted by Gasteiger charge is -2.09. The zero-order valence-electron chi connectivity index (χ0n) is 13.8. The van der Waals surface area contributed by atoms with Gasteiger partial charge in [-0.3, -0.25) is 14.4 Å². The molecule has 0 fully saturated rings. The zero-order chi connectivity index (χ0) is 18.1. The van der Waals surface area contributed by atoms with Gasteiger partial charge in [0, 0.05) is 6.04 Å². The van der Waals surface area contributed by atoms with Gasteiger partial charge in [-0.05, 0) is 31.5 Å². The summed E-state index contributed by atoms with van der Waals surface area (Å²) in [6.45, 7) is 2.89. The highest BCUT2D eigenvalue weighted by atomic mass is 19.1. The Balaban J connectivity index is 2.34. The van der Waals surface area contributed by atoms with Gasteiger partial charge >= 0.3 is 5.97 Å². The molecule has 0 unspecified atom stereocenters. The molecule has 0 saturated carbocycles. The molecule has 7 nitrogen and oxygen atoms in total. The molecule has 1 rings (SSSR count). The molecule has 0 aliphatic carbocycles. The number of esters is 1. The molecule has 0 bridgehead atoms. The van der Waals surface area contributed by atoms with Crippen LogP contribution in [0.15, 0.2) is 18.2 Å². The highest BCUT2D eigenvalue weighted by molar-refractivity contribution is 5.86. The first-order valence-electron chi connectivity index (χ1n) is 7.36. The van der Waals surface area contributed by atoms with Crippen LogP contribution in [0.1, 0.15) is 19.4 Å². The van der Waals surface area contributed by atoms with E-state index in [1.807, 2.05) is 0 Å². The summed E-state index contributed by atoms with van der Waals surface area (Å²) < 4.78 is 23.1. The molecule has 0 aromatic heterocycles. The third-order valence-electron chi connectivity index (χ3n) is 2.82. The lowest BCUT2D eigenvalue weighted by molar-refractivity contribution is -0.147. The molecule has 24 heavy (non-hydrogen) atoms. The summed E-state index contributed by atoms with van der Waals surface area (Å²) in [5, 5.41) is 4.93. The van der Waals surface area contributed by atoms with Crippen LogP contribution in [0, 0.1) is 5.82 Å². The first-order valence-corrected chi connectivity index (χ1v) is 7.36. The summed E-state index contributed by atoms with van der Waals surface area (Å²) in [5.74, 6) is -2.12. The molecular formula is C16H21FN2O5. The molecule has 132 valence electrons. The monoisotopic (exact) mass is 340 g/mol. The van der Waals surface area contributed by atoms with Crippen LogP contribution in [-0.2, 0) is 25.5 Å². The van der Waals surface area contributed by atoms with Gasteiger partial charge in [-0.25, -0.2) is 4.39 Å². The van der Waals surface area contributed by atoms with Crippen molar-refractivity contribution < 1.29 is 28.2 Å². The molecular weight excluding hydrogens is 319 g/mol. The Bertz CT molecular complexity index is 604. The van der Waals surface area contributed by atoms with E-state index >= 15 is 0 Å². The minimum Gasteiger partial charge on any atom is -0.494 e. The normalized spacial score (nSPS) is 10.2. The van der Waals surface area contributed by atoms with Gasteiger partial charge in [0.05, 0.1) is 20.1 Å². The Labute approximate surface area is 139 Å². The summed E-state index contributed by atoms with van der Waals surface area (Å²) in [6.07, 6.45) is -0.179. The minimum absolute atomic E-state index is 0.0304. The summed E-state index contributed by atoms with van der Waals surface area (Å²) in [6, 6.07) is 4.06. The molecule has 0 atom stereocenters. The zero-order valence-corrected chi connectivity index (χ0v) is 13.8. The number of carbonyl (C=O) groups excluding carboxylic acids is 3. The molecule has 8 heteroatoms. The second-order valence-electron chi connectivity index (χ2n) is 5.31. The predicted octanol–water partition coefficient (Wildman–Crippen LogP) is 0.561. The van der Waals surface area contributed by atoms with Crippen molar-refractivity contribution in [3.8, 4) is 5.75 Å². The summed E-state index contributed by atoms with van der Waals surface area (Å²) in [5.41, 5.74) is 0.398. The topological polar surface area (TPSA) is 93.7 Å². The highest BCUT2D eigenvalue weighted by Crippen LogP contribution is 2.18. The second-order valence-corrected chi connectivity index (χ2v) is 5.31. The largest absolute Gasteiger partial charge is 0.494 e. The first-order chi connectivity index (χ1) is 11.3. The molecule has 0 saturated heterocycles. The second kappa shape index (κ2) is 9.49. The molecule has 2 amide bonds. The summed E-state index contributed by atoms with van der Waals surface area (Å²) in [7, 11) is 1.34. The van der Waals surface area contributed by atoms with Crippen LogP contribution in [0.5, 0.6) is 5.75 Å².